The van der Waals surface area contributed by atoms with Crippen LogP contribution in [-0.4, -0.2) is 47.3 Å². The van der Waals surface area contributed by atoms with Gasteiger partial charge in [-0.1, -0.05) is 46.4 Å². The molecule has 0 spiro atoms. The maximum Gasteiger partial charge on any atom is 0.244 e. The quantitative estimate of drug-likeness (QED) is 0.212. The van der Waals surface area contributed by atoms with E-state index in [0.29, 0.717) is 18.2 Å². The summed E-state index contributed by atoms with van der Waals surface area (Å²) in [6.45, 7) is 14.8. The second-order valence-electron chi connectivity index (χ2n) is 8.07. The third kappa shape index (κ3) is 10.2. The lowest BCUT2D eigenvalue weighted by atomic mass is 10.1. The summed E-state index contributed by atoms with van der Waals surface area (Å²) in [4.78, 5) is 23.5. The molecule has 0 unspecified atom stereocenters. The van der Waals surface area contributed by atoms with Gasteiger partial charge in [-0.05, 0) is 69.6 Å². The minimum atomic E-state index is -0.191. The second kappa shape index (κ2) is 17.9. The number of hydrogen-bond donors (Lipinski definition) is 3. The summed E-state index contributed by atoms with van der Waals surface area (Å²) in [7, 11) is 2.12. The molecule has 8 heteroatoms. The first-order chi connectivity index (χ1) is 18.0. The summed E-state index contributed by atoms with van der Waals surface area (Å²) in [6, 6.07) is 3.76. The lowest BCUT2D eigenvalue weighted by Gasteiger charge is -2.21. The summed E-state index contributed by atoms with van der Waals surface area (Å²) < 4.78 is 0. The van der Waals surface area contributed by atoms with Crippen LogP contribution in [0, 0.1) is 0 Å². The summed E-state index contributed by atoms with van der Waals surface area (Å²) in [5.41, 5.74) is 2.28. The molecule has 2 aliphatic rings. The zero-order valence-electron chi connectivity index (χ0n) is 23.3. The van der Waals surface area contributed by atoms with Gasteiger partial charge in [0.05, 0.1) is 23.5 Å². The molecule has 202 valence electrons. The van der Waals surface area contributed by atoms with E-state index in [1.165, 1.54) is 17.5 Å². The normalized spacial score (nSPS) is 21.6. The summed E-state index contributed by atoms with van der Waals surface area (Å²) >= 11 is 0. The molecule has 3 heterocycles. The van der Waals surface area contributed by atoms with E-state index in [4.69, 9.17) is 5.84 Å². The van der Waals surface area contributed by atoms with Crippen LogP contribution in [0.1, 0.15) is 53.9 Å². The predicted octanol–water partition coefficient (Wildman–Crippen LogP) is 4.83. The molecule has 0 saturated carbocycles. The van der Waals surface area contributed by atoms with Crippen LogP contribution in [0.2, 0.25) is 0 Å². The molecule has 0 bridgehead atoms. The van der Waals surface area contributed by atoms with Crippen molar-refractivity contribution >= 4 is 17.4 Å². The topological polar surface area (TPSA) is 98.9 Å². The molecule has 1 aromatic heterocycles. The van der Waals surface area contributed by atoms with Gasteiger partial charge >= 0.3 is 0 Å². The van der Waals surface area contributed by atoms with Crippen molar-refractivity contribution in [3.8, 4) is 0 Å². The van der Waals surface area contributed by atoms with E-state index in [9.17, 15) is 4.79 Å². The largest absolute Gasteiger partial charge is 0.349 e. The van der Waals surface area contributed by atoms with Crippen molar-refractivity contribution in [2.45, 2.75) is 66.0 Å². The Morgan fingerprint density at radius 1 is 1.24 bits per heavy atom. The fourth-order valence-corrected chi connectivity index (χ4v) is 3.86. The number of hydrazine groups is 1. The van der Waals surface area contributed by atoms with Crippen LogP contribution in [0.5, 0.6) is 0 Å². The van der Waals surface area contributed by atoms with E-state index in [0.717, 1.165) is 30.1 Å². The van der Waals surface area contributed by atoms with Gasteiger partial charge in [-0.15, -0.1) is 0 Å². The molecule has 0 aliphatic carbocycles. The van der Waals surface area contributed by atoms with Crippen LogP contribution in [0.15, 0.2) is 90.1 Å². The minimum Gasteiger partial charge on any atom is -0.349 e. The number of rotatable bonds is 7. The third-order valence-electron chi connectivity index (χ3n) is 5.72. The number of likely N-dealkylation sites (tertiary alicyclic amines) is 1. The van der Waals surface area contributed by atoms with Crippen LogP contribution < -0.4 is 21.5 Å². The van der Waals surface area contributed by atoms with Crippen molar-refractivity contribution in [3.05, 3.63) is 85.2 Å². The maximum atomic E-state index is 12.6. The number of amides is 1. The van der Waals surface area contributed by atoms with Crippen LogP contribution >= 0.6 is 0 Å². The number of allylic oxidation sites excluding steroid dienone is 3. The highest BCUT2D eigenvalue weighted by Gasteiger charge is 2.25. The first-order valence-electron chi connectivity index (χ1n) is 13.1. The van der Waals surface area contributed by atoms with E-state index in [1.54, 1.807) is 36.7 Å². The molecule has 37 heavy (non-hydrogen) atoms. The van der Waals surface area contributed by atoms with E-state index >= 15 is 0 Å². The van der Waals surface area contributed by atoms with Crippen molar-refractivity contribution in [2.75, 3.05) is 18.6 Å². The van der Waals surface area contributed by atoms with Gasteiger partial charge in [-0.25, -0.2) is 10.8 Å². The van der Waals surface area contributed by atoms with Crippen LogP contribution in [0.3, 0.4) is 0 Å². The Bertz CT molecular complexity index is 979. The Hall–Kier alpha value is -3.49. The standard InChI is InChI=1S/C25H33N7O.2C2H6/c1-4-22(32(26)21-12-15-27-16-13-21)19(2)9-10-24(33)30-20-7-5-14-28-25(29-17-11-20)23-8-6-18-31(23)3;2*1-2/h4-5,9-17,20,23H,1,6-8,18,26H2,2-3H3,(H,28,29)(H,30,33);2*1-2H3/b10-9+,14-5+,17-11+,22-19+;;/t20-,23+;;/m0../s1. The Labute approximate surface area is 223 Å². The SMILES string of the molecule is C=C/C(=C(C)\C=C\C(=O)N[C@@H]1/C=C/NC([C@H]2CCCN2C)=N/C=C/C1)N(N)c1ccncc1.CC.CC. The smallest absolute Gasteiger partial charge is 0.244 e. The second-order valence-corrected chi connectivity index (χ2v) is 8.07. The summed E-state index contributed by atoms with van der Waals surface area (Å²) in [6.07, 6.45) is 18.8. The Morgan fingerprint density at radius 2 is 1.95 bits per heavy atom. The minimum absolute atomic E-state index is 0.146. The molecule has 8 nitrogen and oxygen atoms in total. The number of likely N-dealkylation sites (N-methyl/N-ethyl adjacent to an activating group) is 1. The Kier molecular flexibility index (Phi) is 15.2. The Morgan fingerprint density at radius 3 is 2.57 bits per heavy atom. The molecule has 1 aromatic rings. The predicted molar refractivity (Wildman–Crippen MR) is 157 cm³/mol. The van der Waals surface area contributed by atoms with Crippen LogP contribution in [0.4, 0.5) is 5.69 Å². The summed E-state index contributed by atoms with van der Waals surface area (Å²) in [5, 5.41) is 7.83. The van der Waals surface area contributed by atoms with Crippen molar-refractivity contribution in [2.24, 2.45) is 10.8 Å². The number of carbonyl (C=O) groups excluding carboxylic acids is 1. The number of aliphatic imine (C=N–C) groups is 1. The number of nitrogens with zero attached hydrogens (tertiary/aromatic N) is 4. The molecule has 4 N–H and O–H groups in total. The zero-order chi connectivity index (χ0) is 27.6. The third-order valence-corrected chi connectivity index (χ3v) is 5.72. The van der Waals surface area contributed by atoms with Gasteiger partial charge in [0.25, 0.3) is 0 Å². The number of pyridine rings is 1. The molecule has 2 aliphatic heterocycles. The molecular weight excluding hydrogens is 462 g/mol. The van der Waals surface area contributed by atoms with Gasteiger partial charge in [-0.3, -0.25) is 19.7 Å². The average molecular weight is 508 g/mol. The number of nitrogens with one attached hydrogen (secondary N) is 2. The van der Waals surface area contributed by atoms with Crippen LogP contribution in [0.25, 0.3) is 0 Å². The van der Waals surface area contributed by atoms with Gasteiger partial charge in [0, 0.05) is 30.9 Å². The molecular formula is C29H45N7O. The number of carbonyl (C=O) groups is 1. The molecule has 0 radical (unpaired) electrons. The fourth-order valence-electron chi connectivity index (χ4n) is 3.86. The molecule has 2 atom stereocenters. The van der Waals surface area contributed by atoms with Gasteiger partial charge < -0.3 is 10.6 Å². The number of nitrogens with two attached hydrogens (primary N) is 1. The zero-order valence-corrected chi connectivity index (χ0v) is 23.3. The van der Waals surface area contributed by atoms with Gasteiger partial charge in [-0.2, -0.15) is 0 Å². The summed E-state index contributed by atoms with van der Waals surface area (Å²) in [5.74, 6) is 6.97. The maximum absolute atomic E-state index is 12.6. The lowest BCUT2D eigenvalue weighted by molar-refractivity contribution is -0.116. The van der Waals surface area contributed by atoms with Crippen molar-refractivity contribution in [3.63, 3.8) is 0 Å². The van der Waals surface area contributed by atoms with Gasteiger partial charge in [0.2, 0.25) is 5.91 Å². The Balaban J connectivity index is 0.00000163. The molecule has 1 saturated heterocycles. The first-order valence-corrected chi connectivity index (χ1v) is 13.1. The number of aromatic nitrogens is 1. The number of hydrogen-bond acceptors (Lipinski definition) is 7. The van der Waals surface area contributed by atoms with Crippen LogP contribution in [-0.2, 0) is 4.79 Å². The van der Waals surface area contributed by atoms with E-state index in [2.05, 4.69) is 39.1 Å². The average Bonchev–Trinajstić information content (AvgIpc) is 3.40. The molecule has 1 amide bonds. The van der Waals surface area contributed by atoms with E-state index in [1.807, 2.05) is 59.2 Å². The van der Waals surface area contributed by atoms with Gasteiger partial charge in [0.1, 0.15) is 5.84 Å². The highest BCUT2D eigenvalue weighted by molar-refractivity contribution is 5.89. The van der Waals surface area contributed by atoms with Gasteiger partial charge in [0.15, 0.2) is 0 Å². The highest BCUT2D eigenvalue weighted by Crippen LogP contribution is 2.18. The lowest BCUT2D eigenvalue weighted by Crippen LogP contribution is -2.39. The van der Waals surface area contributed by atoms with Crippen molar-refractivity contribution in [1.82, 2.24) is 20.5 Å². The number of amidine groups is 1. The first kappa shape index (κ1) is 31.5. The van der Waals surface area contributed by atoms with E-state index < -0.39 is 0 Å². The molecule has 3 rings (SSSR count). The van der Waals surface area contributed by atoms with Crippen molar-refractivity contribution in [1.29, 1.82) is 0 Å². The number of anilines is 1. The molecule has 0 aromatic carbocycles. The fraction of sp³-hybridized carbons (Fsp3) is 0.414. The van der Waals surface area contributed by atoms with E-state index in [-0.39, 0.29) is 11.9 Å². The van der Waals surface area contributed by atoms with Crippen molar-refractivity contribution < 1.29 is 4.79 Å². The molecule has 1 fully saturated rings. The highest BCUT2D eigenvalue weighted by atomic mass is 16.1. The monoisotopic (exact) mass is 507 g/mol.